The first kappa shape index (κ1) is 17.2. The third-order valence-corrected chi connectivity index (χ3v) is 6.07. The molecule has 1 amide bonds. The van der Waals surface area contributed by atoms with Crippen molar-refractivity contribution in [3.05, 3.63) is 64.5 Å². The molecule has 0 spiro atoms. The number of aryl methyl sites for hydroxylation is 3. The largest absolute Gasteiger partial charge is 0.361 e. The number of carbonyl (C=O) groups is 2. The van der Waals surface area contributed by atoms with E-state index in [1.807, 2.05) is 12.1 Å². The molecule has 1 aliphatic heterocycles. The first-order valence-corrected chi connectivity index (χ1v) is 9.92. The van der Waals surface area contributed by atoms with Crippen molar-refractivity contribution in [1.82, 2.24) is 10.1 Å². The molecule has 1 aliphatic carbocycles. The van der Waals surface area contributed by atoms with E-state index in [9.17, 15) is 9.59 Å². The molecule has 1 atom stereocenters. The van der Waals surface area contributed by atoms with Gasteiger partial charge in [-0.2, -0.15) is 0 Å². The van der Waals surface area contributed by atoms with Gasteiger partial charge in [-0.15, -0.1) is 0 Å². The van der Waals surface area contributed by atoms with Gasteiger partial charge in [-0.1, -0.05) is 35.5 Å². The summed E-state index contributed by atoms with van der Waals surface area (Å²) in [5.74, 6) is 0.421. The normalized spacial score (nSPS) is 18.6. The highest BCUT2D eigenvalue weighted by Crippen LogP contribution is 2.34. The number of amides is 1. The molecular formula is C23H22N2O3. The van der Waals surface area contributed by atoms with E-state index in [4.69, 9.17) is 4.52 Å². The number of rotatable bonds is 3. The molecule has 142 valence electrons. The maximum absolute atomic E-state index is 13.4. The van der Waals surface area contributed by atoms with Crippen LogP contribution in [0.2, 0.25) is 0 Å². The van der Waals surface area contributed by atoms with Crippen LogP contribution in [0.5, 0.6) is 0 Å². The fraction of sp³-hybridized carbons (Fsp3) is 0.348. The molecule has 0 bridgehead atoms. The van der Waals surface area contributed by atoms with Crippen molar-refractivity contribution in [2.45, 2.75) is 32.6 Å². The highest BCUT2D eigenvalue weighted by molar-refractivity contribution is 6.11. The lowest BCUT2D eigenvalue weighted by molar-refractivity contribution is 0.0629. The number of hydrogen-bond acceptors (Lipinski definition) is 4. The minimum Gasteiger partial charge on any atom is -0.361 e. The summed E-state index contributed by atoms with van der Waals surface area (Å²) in [6.07, 6.45) is 3.73. The SMILES string of the molecule is Cc1cc(C(=O)N2CCC[C@H](C(=O)c3ccc4c5c(cccc35)CC4)C2)no1. The number of likely N-dealkylation sites (tertiary alicyclic amines) is 1. The van der Waals surface area contributed by atoms with Crippen LogP contribution in [-0.2, 0) is 12.8 Å². The third-order valence-electron chi connectivity index (χ3n) is 6.07. The Morgan fingerprint density at radius 3 is 2.75 bits per heavy atom. The van der Waals surface area contributed by atoms with Crippen molar-refractivity contribution in [3.8, 4) is 0 Å². The summed E-state index contributed by atoms with van der Waals surface area (Å²) in [6, 6.07) is 12.0. The average molecular weight is 374 g/mol. The van der Waals surface area contributed by atoms with Crippen molar-refractivity contribution < 1.29 is 14.1 Å². The zero-order valence-electron chi connectivity index (χ0n) is 15.9. The highest BCUT2D eigenvalue weighted by atomic mass is 16.5. The Morgan fingerprint density at radius 1 is 1.14 bits per heavy atom. The number of nitrogens with zero attached hydrogens (tertiary/aromatic N) is 2. The second kappa shape index (κ2) is 6.59. The van der Waals surface area contributed by atoms with Crippen LogP contribution in [0, 0.1) is 12.8 Å². The molecule has 1 fully saturated rings. The number of benzene rings is 2. The van der Waals surface area contributed by atoms with Gasteiger partial charge in [0.1, 0.15) is 5.76 Å². The molecule has 5 rings (SSSR count). The van der Waals surface area contributed by atoms with E-state index in [0.29, 0.717) is 24.5 Å². The van der Waals surface area contributed by atoms with Gasteiger partial charge in [0.2, 0.25) is 0 Å². The van der Waals surface area contributed by atoms with Gasteiger partial charge in [-0.3, -0.25) is 9.59 Å². The zero-order chi connectivity index (χ0) is 19.3. The Morgan fingerprint density at radius 2 is 1.96 bits per heavy atom. The Labute approximate surface area is 163 Å². The summed E-state index contributed by atoms with van der Waals surface area (Å²) in [5, 5.41) is 6.16. The van der Waals surface area contributed by atoms with Crippen LogP contribution in [0.25, 0.3) is 10.8 Å². The minimum atomic E-state index is -0.177. The van der Waals surface area contributed by atoms with Gasteiger partial charge < -0.3 is 9.42 Å². The van der Waals surface area contributed by atoms with Gasteiger partial charge in [0.05, 0.1) is 0 Å². The number of aromatic nitrogens is 1. The molecule has 28 heavy (non-hydrogen) atoms. The summed E-state index contributed by atoms with van der Waals surface area (Å²) in [4.78, 5) is 27.9. The lowest BCUT2D eigenvalue weighted by atomic mass is 9.87. The van der Waals surface area contributed by atoms with Crippen molar-refractivity contribution in [2.24, 2.45) is 5.92 Å². The summed E-state index contributed by atoms with van der Waals surface area (Å²) in [7, 11) is 0. The lowest BCUT2D eigenvalue weighted by Crippen LogP contribution is -2.42. The van der Waals surface area contributed by atoms with Crippen LogP contribution in [0.4, 0.5) is 0 Å². The van der Waals surface area contributed by atoms with E-state index in [2.05, 4.69) is 23.4 Å². The molecule has 5 heteroatoms. The van der Waals surface area contributed by atoms with E-state index in [1.54, 1.807) is 17.9 Å². The Kier molecular flexibility index (Phi) is 4.04. The van der Waals surface area contributed by atoms with E-state index in [-0.39, 0.29) is 17.6 Å². The molecule has 1 saturated heterocycles. The van der Waals surface area contributed by atoms with E-state index in [1.165, 1.54) is 16.5 Å². The van der Waals surface area contributed by atoms with Gasteiger partial charge in [-0.25, -0.2) is 0 Å². The van der Waals surface area contributed by atoms with E-state index < -0.39 is 0 Å². The van der Waals surface area contributed by atoms with Crippen LogP contribution >= 0.6 is 0 Å². The fourth-order valence-corrected chi connectivity index (χ4v) is 4.69. The van der Waals surface area contributed by atoms with Crippen molar-refractivity contribution in [3.63, 3.8) is 0 Å². The molecule has 2 aromatic carbocycles. The molecule has 0 radical (unpaired) electrons. The van der Waals surface area contributed by atoms with Gasteiger partial charge in [0, 0.05) is 30.6 Å². The molecule has 3 aromatic rings. The molecule has 0 unspecified atom stereocenters. The summed E-state index contributed by atoms with van der Waals surface area (Å²) in [5.41, 5.74) is 3.78. The van der Waals surface area contributed by atoms with E-state index in [0.717, 1.165) is 36.6 Å². The average Bonchev–Trinajstić information content (AvgIpc) is 3.35. The van der Waals surface area contributed by atoms with Crippen LogP contribution in [-0.4, -0.2) is 34.8 Å². The molecule has 5 nitrogen and oxygen atoms in total. The van der Waals surface area contributed by atoms with Crippen LogP contribution < -0.4 is 0 Å². The number of piperidine rings is 1. The van der Waals surface area contributed by atoms with Gasteiger partial charge in [0.15, 0.2) is 11.5 Å². The Hall–Kier alpha value is -2.95. The van der Waals surface area contributed by atoms with Crippen molar-refractivity contribution >= 4 is 22.5 Å². The smallest absolute Gasteiger partial charge is 0.276 e. The third kappa shape index (κ3) is 2.73. The predicted molar refractivity (Wildman–Crippen MR) is 106 cm³/mol. The summed E-state index contributed by atoms with van der Waals surface area (Å²) < 4.78 is 5.03. The van der Waals surface area contributed by atoms with Gasteiger partial charge in [-0.05, 0) is 54.5 Å². The predicted octanol–water partition coefficient (Wildman–Crippen LogP) is 3.97. The number of hydrogen-bond donors (Lipinski definition) is 0. The number of Topliss-reactive ketones (excluding diaryl/α,β-unsaturated/α-hetero) is 1. The Balaban J connectivity index is 1.43. The van der Waals surface area contributed by atoms with E-state index >= 15 is 0 Å². The van der Waals surface area contributed by atoms with Crippen LogP contribution in [0.3, 0.4) is 0 Å². The molecule has 0 N–H and O–H groups in total. The number of carbonyl (C=O) groups excluding carboxylic acids is 2. The highest BCUT2D eigenvalue weighted by Gasteiger charge is 2.31. The molecular weight excluding hydrogens is 352 g/mol. The van der Waals surface area contributed by atoms with Crippen molar-refractivity contribution in [2.75, 3.05) is 13.1 Å². The summed E-state index contributed by atoms with van der Waals surface area (Å²) >= 11 is 0. The monoisotopic (exact) mass is 374 g/mol. The first-order valence-electron chi connectivity index (χ1n) is 9.92. The van der Waals surface area contributed by atoms with Gasteiger partial charge >= 0.3 is 0 Å². The zero-order valence-corrected chi connectivity index (χ0v) is 15.9. The molecule has 1 aromatic heterocycles. The quantitative estimate of drug-likeness (QED) is 0.651. The van der Waals surface area contributed by atoms with Crippen LogP contribution in [0.15, 0.2) is 40.9 Å². The molecule has 0 saturated carbocycles. The number of ketones is 1. The van der Waals surface area contributed by atoms with Crippen LogP contribution in [0.1, 0.15) is 50.6 Å². The molecule has 2 heterocycles. The maximum atomic E-state index is 13.4. The standard InChI is InChI=1S/C23H22N2O3/c1-14-12-20(24-28-14)23(27)25-11-3-5-17(13-25)22(26)19-10-9-16-8-7-15-4-2-6-18(19)21(15)16/h2,4,6,9-10,12,17H,3,5,7-8,11,13H2,1H3/t17-/m0/s1. The minimum absolute atomic E-state index is 0.143. The van der Waals surface area contributed by atoms with Crippen molar-refractivity contribution in [1.29, 1.82) is 0 Å². The maximum Gasteiger partial charge on any atom is 0.276 e. The fourth-order valence-electron chi connectivity index (χ4n) is 4.69. The molecule has 2 aliphatic rings. The second-order valence-corrected chi connectivity index (χ2v) is 7.89. The first-order chi connectivity index (χ1) is 13.6. The van der Waals surface area contributed by atoms with Gasteiger partial charge in [0.25, 0.3) is 5.91 Å². The lowest BCUT2D eigenvalue weighted by Gasteiger charge is -2.31. The Bertz CT molecular complexity index is 1090. The second-order valence-electron chi connectivity index (χ2n) is 7.89. The topological polar surface area (TPSA) is 63.4 Å². The summed E-state index contributed by atoms with van der Waals surface area (Å²) in [6.45, 7) is 2.85.